The molecule has 33 heavy (non-hydrogen) atoms. The Labute approximate surface area is 194 Å². The molecule has 1 aromatic heterocycles. The largest absolute Gasteiger partial charge is 0.483 e. The monoisotopic (exact) mass is 468 g/mol. The lowest BCUT2D eigenvalue weighted by Gasteiger charge is -2.15. The van der Waals surface area contributed by atoms with Gasteiger partial charge in [-0.15, -0.1) is 0 Å². The molecule has 0 saturated heterocycles. The van der Waals surface area contributed by atoms with Crippen molar-refractivity contribution < 1.29 is 17.9 Å². The summed E-state index contributed by atoms with van der Waals surface area (Å²) in [5, 5.41) is 2.71. The molecule has 9 heteroatoms. The first kappa shape index (κ1) is 24.2. The van der Waals surface area contributed by atoms with Gasteiger partial charge in [-0.05, 0) is 74.2 Å². The van der Waals surface area contributed by atoms with Crippen LogP contribution in [0, 0.1) is 20.8 Å². The van der Waals surface area contributed by atoms with Gasteiger partial charge in [0.1, 0.15) is 5.75 Å². The zero-order chi connectivity index (χ0) is 24.2. The molecule has 0 aliphatic heterocycles. The number of anilines is 2. The maximum atomic E-state index is 12.6. The van der Waals surface area contributed by atoms with Crippen molar-refractivity contribution in [3.63, 3.8) is 0 Å². The number of aryl methyl sites for hydroxylation is 3. The number of hydrogen-bond acceptors (Lipinski definition) is 6. The van der Waals surface area contributed by atoms with Crippen molar-refractivity contribution in [3.8, 4) is 5.75 Å². The Morgan fingerprint density at radius 3 is 2.21 bits per heavy atom. The van der Waals surface area contributed by atoms with E-state index in [9.17, 15) is 13.2 Å². The van der Waals surface area contributed by atoms with Crippen LogP contribution >= 0.6 is 0 Å². The highest BCUT2D eigenvalue weighted by Gasteiger charge is 2.17. The normalized spacial score (nSPS) is 11.3. The van der Waals surface area contributed by atoms with Crippen LogP contribution in [0.3, 0.4) is 0 Å². The first-order valence-corrected chi connectivity index (χ1v) is 12.0. The van der Waals surface area contributed by atoms with E-state index in [1.807, 2.05) is 25.1 Å². The van der Waals surface area contributed by atoms with Crippen LogP contribution in [0.5, 0.6) is 5.75 Å². The number of carbonyl (C=O) groups is 1. The first-order valence-electron chi connectivity index (χ1n) is 10.5. The van der Waals surface area contributed by atoms with Crippen molar-refractivity contribution in [2.75, 3.05) is 16.6 Å². The van der Waals surface area contributed by atoms with Crippen molar-refractivity contribution in [1.82, 2.24) is 9.97 Å². The van der Waals surface area contributed by atoms with Crippen LogP contribution in [0.2, 0.25) is 0 Å². The van der Waals surface area contributed by atoms with Crippen LogP contribution in [0.15, 0.2) is 53.4 Å². The smallest absolute Gasteiger partial charge is 0.264 e. The molecule has 0 radical (unpaired) electrons. The highest BCUT2D eigenvalue weighted by molar-refractivity contribution is 7.92. The molecule has 174 valence electrons. The molecule has 0 unspecified atom stereocenters. The average Bonchev–Trinajstić information content (AvgIpc) is 2.71. The van der Waals surface area contributed by atoms with Crippen molar-refractivity contribution >= 4 is 27.6 Å². The maximum absolute atomic E-state index is 12.6. The van der Waals surface area contributed by atoms with E-state index in [1.165, 1.54) is 24.3 Å². The topological polar surface area (TPSA) is 110 Å². The molecule has 0 bridgehead atoms. The summed E-state index contributed by atoms with van der Waals surface area (Å²) < 4.78 is 33.4. The minimum absolute atomic E-state index is 0.0129. The zero-order valence-electron chi connectivity index (χ0n) is 19.3. The fourth-order valence-electron chi connectivity index (χ4n) is 3.25. The molecule has 1 amide bonds. The minimum Gasteiger partial charge on any atom is -0.483 e. The number of sulfonamides is 1. The summed E-state index contributed by atoms with van der Waals surface area (Å²) in [6, 6.07) is 13.5. The predicted octanol–water partition coefficient (Wildman–Crippen LogP) is 4.34. The highest BCUT2D eigenvalue weighted by atomic mass is 32.2. The number of amides is 1. The van der Waals surface area contributed by atoms with Crippen molar-refractivity contribution in [1.29, 1.82) is 0 Å². The summed E-state index contributed by atoms with van der Waals surface area (Å²) in [7, 11) is -3.87. The highest BCUT2D eigenvalue weighted by Crippen LogP contribution is 2.27. The molecule has 0 atom stereocenters. The van der Waals surface area contributed by atoms with Crippen LogP contribution in [-0.4, -0.2) is 30.9 Å². The van der Waals surface area contributed by atoms with Gasteiger partial charge in [0.15, 0.2) is 6.61 Å². The number of ether oxygens (including phenoxy) is 1. The van der Waals surface area contributed by atoms with Crippen LogP contribution in [-0.2, 0) is 14.8 Å². The number of nitrogens with one attached hydrogen (secondary N) is 2. The molecule has 0 spiro atoms. The van der Waals surface area contributed by atoms with E-state index in [0.717, 1.165) is 11.1 Å². The van der Waals surface area contributed by atoms with Gasteiger partial charge in [0, 0.05) is 17.1 Å². The minimum atomic E-state index is -3.87. The predicted molar refractivity (Wildman–Crippen MR) is 128 cm³/mol. The zero-order valence-corrected chi connectivity index (χ0v) is 20.2. The summed E-state index contributed by atoms with van der Waals surface area (Å²) in [4.78, 5) is 20.6. The summed E-state index contributed by atoms with van der Waals surface area (Å²) in [6.45, 7) is 9.46. The van der Waals surface area contributed by atoms with E-state index in [1.54, 1.807) is 19.9 Å². The Morgan fingerprint density at radius 2 is 1.61 bits per heavy atom. The van der Waals surface area contributed by atoms with Gasteiger partial charge in [0.05, 0.1) is 4.90 Å². The van der Waals surface area contributed by atoms with Crippen molar-refractivity contribution in [2.45, 2.75) is 45.4 Å². The standard InChI is InChI=1S/C24H28N4O4S/c1-15(2)21-11-6-16(3)12-22(21)32-14-23(29)27-19-7-9-20(10-8-19)33(30,31)28-24-25-17(4)13-18(5)26-24/h6-13,15H,14H2,1-5H3,(H,27,29)(H,25,26,28). The summed E-state index contributed by atoms with van der Waals surface area (Å²) in [5.74, 6) is 0.615. The third-order valence-electron chi connectivity index (χ3n) is 4.81. The van der Waals surface area contributed by atoms with Crippen LogP contribution in [0.1, 0.15) is 42.3 Å². The molecular formula is C24H28N4O4S. The molecule has 8 nitrogen and oxygen atoms in total. The van der Waals surface area contributed by atoms with Crippen molar-refractivity contribution in [2.24, 2.45) is 0 Å². The summed E-state index contributed by atoms with van der Waals surface area (Å²) in [6.07, 6.45) is 0. The lowest BCUT2D eigenvalue weighted by atomic mass is 10.0. The van der Waals surface area contributed by atoms with Gasteiger partial charge >= 0.3 is 0 Å². The van der Waals surface area contributed by atoms with Crippen molar-refractivity contribution in [3.05, 3.63) is 71.0 Å². The second-order valence-corrected chi connectivity index (χ2v) is 9.82. The molecule has 2 aromatic carbocycles. The van der Waals surface area contributed by atoms with Gasteiger partial charge in [-0.3, -0.25) is 4.79 Å². The van der Waals surface area contributed by atoms with Gasteiger partial charge in [-0.2, -0.15) is 0 Å². The number of hydrogen-bond donors (Lipinski definition) is 2. The van der Waals surface area contributed by atoms with E-state index >= 15 is 0 Å². The lowest BCUT2D eigenvalue weighted by molar-refractivity contribution is -0.118. The van der Waals surface area contributed by atoms with Gasteiger partial charge in [0.25, 0.3) is 15.9 Å². The average molecular weight is 469 g/mol. The Kier molecular flexibility index (Phi) is 7.33. The Hall–Kier alpha value is -3.46. The number of nitrogens with zero attached hydrogens (tertiary/aromatic N) is 2. The molecule has 0 fully saturated rings. The van der Waals surface area contributed by atoms with Gasteiger partial charge in [-0.1, -0.05) is 26.0 Å². The van der Waals surface area contributed by atoms with E-state index in [4.69, 9.17) is 4.74 Å². The van der Waals surface area contributed by atoms with E-state index < -0.39 is 10.0 Å². The molecule has 1 heterocycles. The molecule has 3 rings (SSSR count). The Bertz CT molecular complexity index is 1240. The third-order valence-corrected chi connectivity index (χ3v) is 6.15. The van der Waals surface area contributed by atoms with E-state index in [0.29, 0.717) is 22.8 Å². The fourth-order valence-corrected chi connectivity index (χ4v) is 4.20. The van der Waals surface area contributed by atoms with Gasteiger partial charge in [-0.25, -0.2) is 23.1 Å². The summed E-state index contributed by atoms with van der Waals surface area (Å²) >= 11 is 0. The molecule has 0 saturated carbocycles. The number of rotatable bonds is 8. The molecule has 0 aliphatic rings. The van der Waals surface area contributed by atoms with E-state index in [-0.39, 0.29) is 29.3 Å². The SMILES string of the molecule is Cc1ccc(C(C)C)c(OCC(=O)Nc2ccc(S(=O)(=O)Nc3nc(C)cc(C)n3)cc2)c1. The quantitative estimate of drug-likeness (QED) is 0.509. The van der Waals surface area contributed by atoms with Gasteiger partial charge < -0.3 is 10.1 Å². The molecule has 3 aromatic rings. The second-order valence-electron chi connectivity index (χ2n) is 8.14. The second kappa shape index (κ2) is 9.99. The fraction of sp³-hybridized carbons (Fsp3) is 0.292. The number of benzene rings is 2. The van der Waals surface area contributed by atoms with Crippen LogP contribution in [0.25, 0.3) is 0 Å². The van der Waals surface area contributed by atoms with Crippen LogP contribution in [0.4, 0.5) is 11.6 Å². The van der Waals surface area contributed by atoms with Gasteiger partial charge in [0.2, 0.25) is 5.95 Å². The van der Waals surface area contributed by atoms with Crippen LogP contribution < -0.4 is 14.8 Å². The molecular weight excluding hydrogens is 440 g/mol. The summed E-state index contributed by atoms with van der Waals surface area (Å²) in [5.41, 5.74) is 3.85. The Balaban J connectivity index is 1.63. The molecule has 2 N–H and O–H groups in total. The van der Waals surface area contributed by atoms with E-state index in [2.05, 4.69) is 33.9 Å². The lowest BCUT2D eigenvalue weighted by Crippen LogP contribution is -2.21. The number of aromatic nitrogens is 2. The third kappa shape index (κ3) is 6.52. The first-order chi connectivity index (χ1) is 15.5. The molecule has 0 aliphatic carbocycles. The number of carbonyl (C=O) groups excluding carboxylic acids is 1. The maximum Gasteiger partial charge on any atom is 0.264 e. The Morgan fingerprint density at radius 1 is 0.970 bits per heavy atom.